The van der Waals surface area contributed by atoms with Crippen molar-refractivity contribution in [3.05, 3.63) is 30.0 Å². The molecule has 2 N–H and O–H groups in total. The largest absolute Gasteiger partial charge is 0.466 e. The number of nitrogens with two attached hydrogens (primary N) is 1. The van der Waals surface area contributed by atoms with Gasteiger partial charge in [0, 0.05) is 11.6 Å². The normalized spacial score (nSPS) is 11.0. The molecule has 0 radical (unpaired) electrons. The predicted molar refractivity (Wildman–Crippen MR) is 81.5 cm³/mol. The molecule has 2 rings (SSSR count). The van der Waals surface area contributed by atoms with Gasteiger partial charge in [-0.25, -0.2) is 4.79 Å². The first-order valence-electron chi connectivity index (χ1n) is 6.64. The average Bonchev–Trinajstić information content (AvgIpc) is 2.83. The highest BCUT2D eigenvalue weighted by Gasteiger charge is 2.13. The van der Waals surface area contributed by atoms with Crippen molar-refractivity contribution >= 4 is 41.1 Å². The number of hydrogen-bond donors (Lipinski definition) is 1. The van der Waals surface area contributed by atoms with E-state index in [9.17, 15) is 14.4 Å². The summed E-state index contributed by atoms with van der Waals surface area (Å²) in [6.07, 6.45) is 3.18. The highest BCUT2D eigenvalue weighted by atomic mass is 16.5. The molecule has 0 unspecified atom stereocenters. The Morgan fingerprint density at radius 3 is 2.82 bits per heavy atom. The van der Waals surface area contributed by atoms with Crippen molar-refractivity contribution in [1.82, 2.24) is 4.57 Å². The fourth-order valence-electron chi connectivity index (χ4n) is 2.14. The zero-order chi connectivity index (χ0) is 16.1. The number of ether oxygens (including phenoxy) is 1. The number of fused-ring (bicyclic) bond motifs is 1. The SMILES string of the molecule is CCOC(=O)Cc1ccc2c(N=CC=O)cn(C(N)=O)c2c1. The minimum Gasteiger partial charge on any atom is -0.466 e. The molecule has 1 aromatic heterocycles. The summed E-state index contributed by atoms with van der Waals surface area (Å²) in [5, 5.41) is 0.657. The molecular weight excluding hydrogens is 286 g/mol. The Bertz CT molecular complexity index is 761. The average molecular weight is 301 g/mol. The van der Waals surface area contributed by atoms with E-state index in [0.717, 1.165) is 6.21 Å². The molecule has 7 heteroatoms. The number of benzene rings is 1. The summed E-state index contributed by atoms with van der Waals surface area (Å²) in [6.45, 7) is 2.04. The van der Waals surface area contributed by atoms with Crippen LogP contribution in [-0.2, 0) is 20.7 Å². The van der Waals surface area contributed by atoms with Gasteiger partial charge in [0.05, 0.1) is 30.4 Å². The van der Waals surface area contributed by atoms with Crippen molar-refractivity contribution in [2.45, 2.75) is 13.3 Å². The number of aliphatic imine (C=N–C) groups is 1. The van der Waals surface area contributed by atoms with Crippen LogP contribution in [0.5, 0.6) is 0 Å². The van der Waals surface area contributed by atoms with Crippen LogP contribution in [0.4, 0.5) is 10.5 Å². The smallest absolute Gasteiger partial charge is 0.323 e. The minimum absolute atomic E-state index is 0.0979. The summed E-state index contributed by atoms with van der Waals surface area (Å²) >= 11 is 0. The molecule has 114 valence electrons. The maximum atomic E-state index is 11.5. The molecule has 0 fully saturated rings. The van der Waals surface area contributed by atoms with E-state index >= 15 is 0 Å². The van der Waals surface area contributed by atoms with Crippen LogP contribution in [-0.4, -0.2) is 35.7 Å². The number of amides is 1. The number of carbonyl (C=O) groups is 3. The fourth-order valence-corrected chi connectivity index (χ4v) is 2.14. The van der Waals surface area contributed by atoms with Gasteiger partial charge in [0.15, 0.2) is 6.29 Å². The van der Waals surface area contributed by atoms with Gasteiger partial charge in [-0.15, -0.1) is 0 Å². The van der Waals surface area contributed by atoms with Gasteiger partial charge in [0.1, 0.15) is 0 Å². The van der Waals surface area contributed by atoms with Crippen LogP contribution in [0.2, 0.25) is 0 Å². The van der Waals surface area contributed by atoms with Crippen molar-refractivity contribution in [3.63, 3.8) is 0 Å². The molecule has 2 aromatic rings. The standard InChI is InChI=1S/C15H15N3O4/c1-2-22-14(20)8-10-3-4-11-12(17-5-6-19)9-18(15(16)21)13(11)7-10/h3-7,9H,2,8H2,1H3,(H2,16,21). The Hall–Kier alpha value is -2.96. The summed E-state index contributed by atoms with van der Waals surface area (Å²) in [5.41, 5.74) is 6.99. The second kappa shape index (κ2) is 6.66. The molecule has 1 aromatic carbocycles. The third-order valence-electron chi connectivity index (χ3n) is 3.01. The number of aldehydes is 1. The Kier molecular flexibility index (Phi) is 4.67. The monoisotopic (exact) mass is 301 g/mol. The van der Waals surface area contributed by atoms with Crippen molar-refractivity contribution in [2.75, 3.05) is 6.61 Å². The summed E-state index contributed by atoms with van der Waals surface area (Å²) in [6, 6.07) is 4.47. The van der Waals surface area contributed by atoms with Crippen LogP contribution in [0, 0.1) is 0 Å². The number of esters is 1. The van der Waals surface area contributed by atoms with Gasteiger partial charge in [-0.1, -0.05) is 12.1 Å². The van der Waals surface area contributed by atoms with Gasteiger partial charge in [-0.3, -0.25) is 19.1 Å². The molecule has 0 saturated heterocycles. The van der Waals surface area contributed by atoms with Crippen molar-refractivity contribution in [2.24, 2.45) is 10.7 Å². The Labute approximate surface area is 126 Å². The van der Waals surface area contributed by atoms with E-state index in [1.165, 1.54) is 10.8 Å². The maximum absolute atomic E-state index is 11.5. The van der Waals surface area contributed by atoms with Crippen LogP contribution in [0.3, 0.4) is 0 Å². The summed E-state index contributed by atoms with van der Waals surface area (Å²) in [5.74, 6) is -0.349. The third-order valence-corrected chi connectivity index (χ3v) is 3.01. The van der Waals surface area contributed by atoms with E-state index in [0.29, 0.717) is 35.0 Å². The van der Waals surface area contributed by atoms with Gasteiger partial charge < -0.3 is 10.5 Å². The first-order chi connectivity index (χ1) is 10.6. The highest BCUT2D eigenvalue weighted by molar-refractivity contribution is 6.14. The first-order valence-corrected chi connectivity index (χ1v) is 6.64. The van der Waals surface area contributed by atoms with Gasteiger partial charge in [0.25, 0.3) is 0 Å². The van der Waals surface area contributed by atoms with Gasteiger partial charge >= 0.3 is 12.0 Å². The Morgan fingerprint density at radius 2 is 2.18 bits per heavy atom. The quantitative estimate of drug-likeness (QED) is 0.514. The Morgan fingerprint density at radius 1 is 1.41 bits per heavy atom. The fraction of sp³-hybridized carbons (Fsp3) is 0.200. The van der Waals surface area contributed by atoms with Crippen LogP contribution in [0.15, 0.2) is 29.4 Å². The van der Waals surface area contributed by atoms with Crippen LogP contribution in [0.1, 0.15) is 12.5 Å². The lowest BCUT2D eigenvalue weighted by molar-refractivity contribution is -0.142. The number of nitrogens with zero attached hydrogens (tertiary/aromatic N) is 2. The number of hydrogen-bond acceptors (Lipinski definition) is 5. The number of aromatic nitrogens is 1. The van der Waals surface area contributed by atoms with Crippen molar-refractivity contribution < 1.29 is 19.1 Å². The van der Waals surface area contributed by atoms with Crippen molar-refractivity contribution in [1.29, 1.82) is 0 Å². The van der Waals surface area contributed by atoms with E-state index in [1.54, 1.807) is 25.1 Å². The molecule has 0 aliphatic rings. The van der Waals surface area contributed by atoms with Gasteiger partial charge in [0.2, 0.25) is 0 Å². The van der Waals surface area contributed by atoms with Gasteiger partial charge in [-0.05, 0) is 18.6 Å². The topological polar surface area (TPSA) is 104 Å². The summed E-state index contributed by atoms with van der Waals surface area (Å²) in [4.78, 5) is 37.4. The van der Waals surface area contributed by atoms with E-state index in [-0.39, 0.29) is 12.4 Å². The molecule has 0 atom stereocenters. The lowest BCUT2D eigenvalue weighted by atomic mass is 10.1. The third kappa shape index (κ3) is 3.20. The zero-order valence-corrected chi connectivity index (χ0v) is 12.0. The molecule has 0 spiro atoms. The number of carbonyl (C=O) groups excluding carboxylic acids is 3. The van der Waals surface area contributed by atoms with E-state index < -0.39 is 6.03 Å². The van der Waals surface area contributed by atoms with Crippen molar-refractivity contribution in [3.8, 4) is 0 Å². The van der Waals surface area contributed by atoms with Crippen LogP contribution in [0.25, 0.3) is 10.9 Å². The van der Waals surface area contributed by atoms with E-state index in [1.807, 2.05) is 0 Å². The van der Waals surface area contributed by atoms with Crippen LogP contribution >= 0.6 is 0 Å². The first kappa shape index (κ1) is 15.4. The zero-order valence-electron chi connectivity index (χ0n) is 12.0. The number of primary amides is 1. The second-order valence-electron chi connectivity index (χ2n) is 4.47. The molecule has 0 aliphatic heterocycles. The molecule has 22 heavy (non-hydrogen) atoms. The molecule has 0 saturated carbocycles. The lowest BCUT2D eigenvalue weighted by Gasteiger charge is -2.04. The maximum Gasteiger partial charge on any atom is 0.323 e. The Balaban J connectivity index is 2.48. The molecule has 1 amide bonds. The minimum atomic E-state index is -0.675. The summed E-state index contributed by atoms with van der Waals surface area (Å²) < 4.78 is 6.12. The van der Waals surface area contributed by atoms with E-state index in [4.69, 9.17) is 10.5 Å². The summed E-state index contributed by atoms with van der Waals surface area (Å²) in [7, 11) is 0. The molecule has 0 bridgehead atoms. The van der Waals surface area contributed by atoms with E-state index in [2.05, 4.69) is 4.99 Å². The second-order valence-corrected chi connectivity index (χ2v) is 4.47. The van der Waals surface area contributed by atoms with Crippen LogP contribution < -0.4 is 5.73 Å². The molecular formula is C15H15N3O4. The molecule has 7 nitrogen and oxygen atoms in total. The highest BCUT2D eigenvalue weighted by Crippen LogP contribution is 2.29. The number of rotatable bonds is 5. The molecule has 0 aliphatic carbocycles. The lowest BCUT2D eigenvalue weighted by Crippen LogP contribution is -2.18. The predicted octanol–water partition coefficient (Wildman–Crippen LogP) is 1.57. The van der Waals surface area contributed by atoms with Gasteiger partial charge in [-0.2, -0.15) is 0 Å². The molecule has 1 heterocycles.